The van der Waals surface area contributed by atoms with Crippen LogP contribution in [0.2, 0.25) is 5.02 Å². The summed E-state index contributed by atoms with van der Waals surface area (Å²) in [5, 5.41) is 3.15. The summed E-state index contributed by atoms with van der Waals surface area (Å²) in [6, 6.07) is 13.7. The summed E-state index contributed by atoms with van der Waals surface area (Å²) in [5.41, 5.74) is 1.44. The second-order valence-electron chi connectivity index (χ2n) is 5.42. The van der Waals surface area contributed by atoms with E-state index in [4.69, 9.17) is 16.3 Å². The van der Waals surface area contributed by atoms with Gasteiger partial charge in [-0.25, -0.2) is 0 Å². The van der Waals surface area contributed by atoms with Crippen LogP contribution >= 0.6 is 11.6 Å². The highest BCUT2D eigenvalue weighted by Crippen LogP contribution is 2.24. The highest BCUT2D eigenvalue weighted by atomic mass is 35.5. The van der Waals surface area contributed by atoms with Gasteiger partial charge in [-0.1, -0.05) is 29.8 Å². The third-order valence-electron chi connectivity index (χ3n) is 3.80. The highest BCUT2D eigenvalue weighted by Gasteiger charge is 2.19. The Morgan fingerprint density at radius 2 is 1.71 bits per heavy atom. The number of benzene rings is 2. The maximum Gasteiger partial charge on any atom is 0.255 e. The Bertz CT molecular complexity index is 743. The van der Waals surface area contributed by atoms with Gasteiger partial charge in [-0.3, -0.25) is 9.59 Å². The summed E-state index contributed by atoms with van der Waals surface area (Å²) in [5.74, 6) is -0.362. The predicted molar refractivity (Wildman–Crippen MR) is 92.6 cm³/mol. The minimum Gasteiger partial charge on any atom is -0.378 e. The first-order valence-corrected chi connectivity index (χ1v) is 8.06. The molecule has 2 aromatic rings. The summed E-state index contributed by atoms with van der Waals surface area (Å²) in [4.78, 5) is 26.5. The van der Waals surface area contributed by atoms with Crippen molar-refractivity contribution in [1.29, 1.82) is 0 Å². The van der Waals surface area contributed by atoms with Gasteiger partial charge in [-0.2, -0.15) is 0 Å². The van der Waals surface area contributed by atoms with Gasteiger partial charge in [0.15, 0.2) is 0 Å². The second kappa shape index (κ2) is 7.47. The molecule has 1 heterocycles. The zero-order valence-electron chi connectivity index (χ0n) is 13.0. The van der Waals surface area contributed by atoms with Gasteiger partial charge in [0.05, 0.1) is 23.9 Å². The molecule has 0 spiro atoms. The molecule has 0 aromatic heterocycles. The summed E-state index contributed by atoms with van der Waals surface area (Å²) in [6.45, 7) is 2.20. The quantitative estimate of drug-likeness (QED) is 0.931. The SMILES string of the molecule is O=C(Nc1cc(C(=O)N2CCOCC2)ccc1Cl)c1ccccc1. The lowest BCUT2D eigenvalue weighted by molar-refractivity contribution is 0.0303. The maximum absolute atomic E-state index is 12.5. The number of carbonyl (C=O) groups is 2. The zero-order chi connectivity index (χ0) is 16.9. The molecule has 0 radical (unpaired) electrons. The first-order valence-electron chi connectivity index (χ1n) is 7.68. The molecule has 0 saturated carbocycles. The number of carbonyl (C=O) groups excluding carboxylic acids is 2. The Morgan fingerprint density at radius 1 is 1.00 bits per heavy atom. The van der Waals surface area contributed by atoms with E-state index < -0.39 is 0 Å². The van der Waals surface area contributed by atoms with Crippen molar-refractivity contribution in [3.63, 3.8) is 0 Å². The average Bonchev–Trinajstić information content (AvgIpc) is 2.64. The standard InChI is InChI=1S/C18H17ClN2O3/c19-15-7-6-14(18(23)21-8-10-24-11-9-21)12-16(15)20-17(22)13-4-2-1-3-5-13/h1-7,12H,8-11H2,(H,20,22). The molecular formula is C18H17ClN2O3. The summed E-state index contributed by atoms with van der Waals surface area (Å²) < 4.78 is 5.26. The summed E-state index contributed by atoms with van der Waals surface area (Å²) in [7, 11) is 0. The third-order valence-corrected chi connectivity index (χ3v) is 4.13. The number of morpholine rings is 1. The van der Waals surface area contributed by atoms with Crippen LogP contribution in [0.5, 0.6) is 0 Å². The van der Waals surface area contributed by atoms with Gasteiger partial charge in [0.2, 0.25) is 0 Å². The molecule has 1 aliphatic rings. The maximum atomic E-state index is 12.5. The van der Waals surface area contributed by atoms with Gasteiger partial charge < -0.3 is 15.0 Å². The lowest BCUT2D eigenvalue weighted by atomic mass is 10.1. The van der Waals surface area contributed by atoms with E-state index in [0.29, 0.717) is 48.1 Å². The van der Waals surface area contributed by atoms with Crippen LogP contribution in [0.1, 0.15) is 20.7 Å². The van der Waals surface area contributed by atoms with Crippen LogP contribution in [0.25, 0.3) is 0 Å². The van der Waals surface area contributed by atoms with E-state index in [2.05, 4.69) is 5.32 Å². The molecule has 1 fully saturated rings. The van der Waals surface area contributed by atoms with E-state index in [1.807, 2.05) is 6.07 Å². The molecule has 1 N–H and O–H groups in total. The van der Waals surface area contributed by atoms with Gasteiger partial charge in [0.25, 0.3) is 11.8 Å². The van der Waals surface area contributed by atoms with Crippen LogP contribution in [0.3, 0.4) is 0 Å². The van der Waals surface area contributed by atoms with Gasteiger partial charge >= 0.3 is 0 Å². The number of rotatable bonds is 3. The third kappa shape index (κ3) is 3.75. The molecule has 0 atom stereocenters. The van der Waals surface area contributed by atoms with Gasteiger partial charge in [0, 0.05) is 24.2 Å². The molecule has 1 saturated heterocycles. The predicted octanol–water partition coefficient (Wildman–Crippen LogP) is 3.06. The molecule has 2 aromatic carbocycles. The molecule has 5 nitrogen and oxygen atoms in total. The number of nitrogens with one attached hydrogen (secondary N) is 1. The van der Waals surface area contributed by atoms with Crippen LogP contribution in [-0.4, -0.2) is 43.0 Å². The van der Waals surface area contributed by atoms with Gasteiger partial charge in [0.1, 0.15) is 0 Å². The lowest BCUT2D eigenvalue weighted by Crippen LogP contribution is -2.40. The molecule has 2 amide bonds. The monoisotopic (exact) mass is 344 g/mol. The van der Waals surface area contributed by atoms with Crippen molar-refractivity contribution in [2.24, 2.45) is 0 Å². The number of nitrogens with zero attached hydrogens (tertiary/aromatic N) is 1. The van der Waals surface area contributed by atoms with E-state index >= 15 is 0 Å². The first-order chi connectivity index (χ1) is 11.6. The summed E-state index contributed by atoms with van der Waals surface area (Å²) in [6.07, 6.45) is 0. The van der Waals surface area contributed by atoms with Crippen molar-refractivity contribution >= 4 is 29.1 Å². The summed E-state index contributed by atoms with van der Waals surface area (Å²) >= 11 is 6.16. The minimum atomic E-state index is -0.270. The Morgan fingerprint density at radius 3 is 2.42 bits per heavy atom. The van der Waals surface area contributed by atoms with Crippen molar-refractivity contribution < 1.29 is 14.3 Å². The van der Waals surface area contributed by atoms with Crippen molar-refractivity contribution in [3.8, 4) is 0 Å². The van der Waals surface area contributed by atoms with Crippen molar-refractivity contribution in [1.82, 2.24) is 4.90 Å². The van der Waals surface area contributed by atoms with E-state index in [0.717, 1.165) is 0 Å². The van der Waals surface area contributed by atoms with Crippen LogP contribution in [-0.2, 0) is 4.74 Å². The highest BCUT2D eigenvalue weighted by molar-refractivity contribution is 6.34. The average molecular weight is 345 g/mol. The number of halogens is 1. The second-order valence-corrected chi connectivity index (χ2v) is 5.83. The van der Waals surface area contributed by atoms with E-state index in [-0.39, 0.29) is 11.8 Å². The number of anilines is 1. The zero-order valence-corrected chi connectivity index (χ0v) is 13.8. The molecule has 6 heteroatoms. The van der Waals surface area contributed by atoms with E-state index in [1.165, 1.54) is 0 Å². The minimum absolute atomic E-state index is 0.0924. The van der Waals surface area contributed by atoms with Gasteiger partial charge in [-0.05, 0) is 30.3 Å². The van der Waals surface area contributed by atoms with Crippen molar-refractivity contribution in [2.45, 2.75) is 0 Å². The van der Waals surface area contributed by atoms with Crippen LogP contribution < -0.4 is 5.32 Å². The lowest BCUT2D eigenvalue weighted by Gasteiger charge is -2.27. The van der Waals surface area contributed by atoms with Gasteiger partial charge in [-0.15, -0.1) is 0 Å². The van der Waals surface area contributed by atoms with E-state index in [1.54, 1.807) is 47.4 Å². The van der Waals surface area contributed by atoms with E-state index in [9.17, 15) is 9.59 Å². The Balaban J connectivity index is 1.78. The fourth-order valence-electron chi connectivity index (χ4n) is 2.49. The molecule has 3 rings (SSSR count). The number of amides is 2. The Labute approximate surface area is 145 Å². The molecular weight excluding hydrogens is 328 g/mol. The van der Waals surface area contributed by atoms with Crippen molar-refractivity contribution in [2.75, 3.05) is 31.6 Å². The smallest absolute Gasteiger partial charge is 0.255 e. The van der Waals surface area contributed by atoms with Crippen LogP contribution in [0.4, 0.5) is 5.69 Å². The molecule has 24 heavy (non-hydrogen) atoms. The Hall–Kier alpha value is -2.37. The molecule has 0 unspecified atom stereocenters. The Kier molecular flexibility index (Phi) is 5.13. The van der Waals surface area contributed by atoms with Crippen LogP contribution in [0, 0.1) is 0 Å². The first kappa shape index (κ1) is 16.5. The van der Waals surface area contributed by atoms with Crippen LogP contribution in [0.15, 0.2) is 48.5 Å². The fourth-order valence-corrected chi connectivity index (χ4v) is 2.65. The largest absolute Gasteiger partial charge is 0.378 e. The number of ether oxygens (including phenoxy) is 1. The normalized spacial score (nSPS) is 14.3. The number of hydrogen-bond acceptors (Lipinski definition) is 3. The fraction of sp³-hybridized carbons (Fsp3) is 0.222. The molecule has 1 aliphatic heterocycles. The molecule has 124 valence electrons. The number of hydrogen-bond donors (Lipinski definition) is 1. The molecule has 0 aliphatic carbocycles. The topological polar surface area (TPSA) is 58.6 Å². The van der Waals surface area contributed by atoms with Crippen molar-refractivity contribution in [3.05, 3.63) is 64.7 Å². The molecule has 0 bridgehead atoms.